The highest BCUT2D eigenvalue weighted by Gasteiger charge is 2.43. The lowest BCUT2D eigenvalue weighted by atomic mass is 9.75. The highest BCUT2D eigenvalue weighted by atomic mass is 19.4. The van der Waals surface area contributed by atoms with E-state index in [9.17, 15) is 13.2 Å². The first-order valence-corrected chi connectivity index (χ1v) is 7.78. The average molecular weight is 299 g/mol. The molecule has 0 spiro atoms. The molecule has 1 aromatic carbocycles. The molecule has 1 N–H and O–H groups in total. The van der Waals surface area contributed by atoms with Crippen LogP contribution in [0.25, 0.3) is 0 Å². The number of rotatable bonds is 4. The summed E-state index contributed by atoms with van der Waals surface area (Å²) < 4.78 is 39.0. The Kier molecular flexibility index (Phi) is 5.31. The Morgan fingerprint density at radius 3 is 2.43 bits per heavy atom. The molecule has 1 nitrogen and oxygen atoms in total. The fraction of sp³-hybridized carbons (Fsp3) is 0.647. The van der Waals surface area contributed by atoms with Crippen molar-refractivity contribution in [2.75, 3.05) is 6.54 Å². The fourth-order valence-corrected chi connectivity index (χ4v) is 3.38. The van der Waals surface area contributed by atoms with Gasteiger partial charge in [0.25, 0.3) is 0 Å². The lowest BCUT2D eigenvalue weighted by Gasteiger charge is -2.36. The molecule has 0 saturated heterocycles. The third-order valence-corrected chi connectivity index (χ3v) is 4.51. The molecule has 1 aromatic rings. The minimum Gasteiger partial charge on any atom is -0.310 e. The summed E-state index contributed by atoms with van der Waals surface area (Å²) >= 11 is 0. The van der Waals surface area contributed by atoms with Crippen LogP contribution in [-0.2, 0) is 0 Å². The van der Waals surface area contributed by atoms with Gasteiger partial charge in [-0.1, -0.05) is 43.2 Å². The SMILES string of the molecule is CCNC(c1ccc(C)cc1)C1CCCC(C(F)(F)F)C1. The summed E-state index contributed by atoms with van der Waals surface area (Å²) in [6, 6.07) is 8.17. The Morgan fingerprint density at radius 2 is 1.86 bits per heavy atom. The largest absolute Gasteiger partial charge is 0.391 e. The van der Waals surface area contributed by atoms with Gasteiger partial charge in [-0.15, -0.1) is 0 Å². The van der Waals surface area contributed by atoms with Crippen LogP contribution in [0.15, 0.2) is 24.3 Å². The Balaban J connectivity index is 2.15. The van der Waals surface area contributed by atoms with E-state index in [1.807, 2.05) is 38.1 Å². The van der Waals surface area contributed by atoms with E-state index in [2.05, 4.69) is 5.32 Å². The minimum atomic E-state index is -4.05. The maximum atomic E-state index is 13.0. The Hall–Kier alpha value is -1.03. The van der Waals surface area contributed by atoms with Crippen molar-refractivity contribution in [3.05, 3.63) is 35.4 Å². The summed E-state index contributed by atoms with van der Waals surface area (Å²) in [6.07, 6.45) is -1.98. The maximum Gasteiger partial charge on any atom is 0.391 e. The summed E-state index contributed by atoms with van der Waals surface area (Å²) in [5.74, 6) is -1.07. The standard InChI is InChI=1S/C17H24F3N/c1-3-21-16(13-9-7-12(2)8-10-13)14-5-4-6-15(11-14)17(18,19)20/h7-10,14-16,21H,3-6,11H2,1-2H3. The molecule has 0 heterocycles. The van der Waals surface area contributed by atoms with E-state index in [4.69, 9.17) is 0 Å². The number of hydrogen-bond acceptors (Lipinski definition) is 1. The number of hydrogen-bond donors (Lipinski definition) is 1. The number of alkyl halides is 3. The molecule has 1 aliphatic carbocycles. The Morgan fingerprint density at radius 1 is 1.19 bits per heavy atom. The quantitative estimate of drug-likeness (QED) is 0.823. The fourth-order valence-electron chi connectivity index (χ4n) is 3.38. The van der Waals surface area contributed by atoms with Crippen molar-refractivity contribution >= 4 is 0 Å². The van der Waals surface area contributed by atoms with E-state index in [0.29, 0.717) is 6.42 Å². The van der Waals surface area contributed by atoms with Crippen molar-refractivity contribution in [3.8, 4) is 0 Å². The second-order valence-electron chi connectivity index (χ2n) is 6.11. The van der Waals surface area contributed by atoms with Gasteiger partial charge in [0.2, 0.25) is 0 Å². The zero-order valence-electron chi connectivity index (χ0n) is 12.7. The molecule has 2 rings (SSSR count). The van der Waals surface area contributed by atoms with Gasteiger partial charge in [0, 0.05) is 6.04 Å². The van der Waals surface area contributed by atoms with Crippen LogP contribution in [0, 0.1) is 18.8 Å². The lowest BCUT2D eigenvalue weighted by Crippen LogP contribution is -2.35. The van der Waals surface area contributed by atoms with Crippen LogP contribution >= 0.6 is 0 Å². The van der Waals surface area contributed by atoms with Gasteiger partial charge in [0.05, 0.1) is 5.92 Å². The predicted molar refractivity (Wildman–Crippen MR) is 79.1 cm³/mol. The van der Waals surface area contributed by atoms with Gasteiger partial charge in [0.15, 0.2) is 0 Å². The summed E-state index contributed by atoms with van der Waals surface area (Å²) in [4.78, 5) is 0. The molecular weight excluding hydrogens is 275 g/mol. The van der Waals surface area contributed by atoms with E-state index in [1.165, 1.54) is 5.56 Å². The van der Waals surface area contributed by atoms with E-state index in [1.54, 1.807) is 0 Å². The molecule has 0 aromatic heterocycles. The van der Waals surface area contributed by atoms with Crippen molar-refractivity contribution in [2.24, 2.45) is 11.8 Å². The minimum absolute atomic E-state index is 0.0285. The second kappa shape index (κ2) is 6.82. The molecule has 21 heavy (non-hydrogen) atoms. The molecule has 0 bridgehead atoms. The van der Waals surface area contributed by atoms with Gasteiger partial charge in [0.1, 0.15) is 0 Å². The molecule has 1 saturated carbocycles. The third-order valence-electron chi connectivity index (χ3n) is 4.51. The average Bonchev–Trinajstić information content (AvgIpc) is 2.45. The summed E-state index contributed by atoms with van der Waals surface area (Å²) in [5.41, 5.74) is 2.28. The number of benzene rings is 1. The highest BCUT2D eigenvalue weighted by Crippen LogP contribution is 2.43. The van der Waals surface area contributed by atoms with E-state index < -0.39 is 12.1 Å². The van der Waals surface area contributed by atoms with Gasteiger partial charge in [-0.05, 0) is 44.2 Å². The summed E-state index contributed by atoms with van der Waals surface area (Å²) in [5, 5.41) is 3.39. The van der Waals surface area contributed by atoms with Gasteiger partial charge < -0.3 is 5.32 Å². The number of nitrogens with one attached hydrogen (secondary N) is 1. The van der Waals surface area contributed by atoms with Gasteiger partial charge in [-0.2, -0.15) is 13.2 Å². The Labute approximate surface area is 124 Å². The predicted octanol–water partition coefficient (Wildman–Crippen LogP) is 5.01. The van der Waals surface area contributed by atoms with Crippen molar-refractivity contribution in [1.29, 1.82) is 0 Å². The smallest absolute Gasteiger partial charge is 0.310 e. The molecule has 3 unspecified atom stereocenters. The third kappa shape index (κ3) is 4.22. The molecule has 4 heteroatoms. The summed E-state index contributed by atoms with van der Waals surface area (Å²) in [6.45, 7) is 4.79. The van der Waals surface area contributed by atoms with Crippen molar-refractivity contribution < 1.29 is 13.2 Å². The topological polar surface area (TPSA) is 12.0 Å². The normalized spacial score (nSPS) is 24.8. The van der Waals surface area contributed by atoms with E-state index in [-0.39, 0.29) is 24.8 Å². The molecule has 1 aliphatic rings. The van der Waals surface area contributed by atoms with Crippen LogP contribution < -0.4 is 5.32 Å². The number of halogens is 3. The lowest BCUT2D eigenvalue weighted by molar-refractivity contribution is -0.186. The molecule has 0 amide bonds. The zero-order chi connectivity index (χ0) is 15.5. The Bertz CT molecular complexity index is 438. The van der Waals surface area contributed by atoms with Crippen molar-refractivity contribution in [2.45, 2.75) is 51.7 Å². The monoisotopic (exact) mass is 299 g/mol. The molecule has 1 fully saturated rings. The van der Waals surface area contributed by atoms with Crippen LogP contribution in [0.4, 0.5) is 13.2 Å². The second-order valence-corrected chi connectivity index (χ2v) is 6.11. The van der Waals surface area contributed by atoms with E-state index in [0.717, 1.165) is 18.5 Å². The van der Waals surface area contributed by atoms with Crippen LogP contribution in [0.3, 0.4) is 0 Å². The van der Waals surface area contributed by atoms with Crippen LogP contribution in [0.2, 0.25) is 0 Å². The van der Waals surface area contributed by atoms with E-state index >= 15 is 0 Å². The first-order chi connectivity index (χ1) is 9.91. The van der Waals surface area contributed by atoms with Crippen molar-refractivity contribution in [1.82, 2.24) is 5.32 Å². The molecule has 0 aliphatic heterocycles. The highest BCUT2D eigenvalue weighted by molar-refractivity contribution is 5.25. The molecular formula is C17H24F3N. The zero-order valence-corrected chi connectivity index (χ0v) is 12.7. The van der Waals surface area contributed by atoms with Gasteiger partial charge >= 0.3 is 6.18 Å². The number of aryl methyl sites for hydroxylation is 1. The molecule has 118 valence electrons. The first kappa shape index (κ1) is 16.3. The first-order valence-electron chi connectivity index (χ1n) is 7.78. The van der Waals surface area contributed by atoms with Crippen LogP contribution in [0.1, 0.15) is 49.8 Å². The van der Waals surface area contributed by atoms with Crippen molar-refractivity contribution in [3.63, 3.8) is 0 Å². The van der Waals surface area contributed by atoms with Crippen LogP contribution in [-0.4, -0.2) is 12.7 Å². The summed E-state index contributed by atoms with van der Waals surface area (Å²) in [7, 11) is 0. The molecule has 0 radical (unpaired) electrons. The maximum absolute atomic E-state index is 13.0. The molecule has 3 atom stereocenters. The van der Waals surface area contributed by atoms with Crippen LogP contribution in [0.5, 0.6) is 0 Å². The van der Waals surface area contributed by atoms with Gasteiger partial charge in [-0.25, -0.2) is 0 Å². The van der Waals surface area contributed by atoms with Gasteiger partial charge in [-0.3, -0.25) is 0 Å².